The number of carbonyl (C=O) groups excluding carboxylic acids is 1. The molecule has 1 heterocycles. The van der Waals surface area contributed by atoms with Crippen LogP contribution in [0.1, 0.15) is 31.3 Å². The quantitative estimate of drug-likeness (QED) is 0.842. The van der Waals surface area contributed by atoms with Gasteiger partial charge in [0.15, 0.2) is 0 Å². The molecule has 0 saturated carbocycles. The van der Waals surface area contributed by atoms with E-state index < -0.39 is 0 Å². The molecule has 1 unspecified atom stereocenters. The van der Waals surface area contributed by atoms with Gasteiger partial charge in [0, 0.05) is 44.6 Å². The van der Waals surface area contributed by atoms with Crippen LogP contribution in [0.4, 0.5) is 5.69 Å². The van der Waals surface area contributed by atoms with E-state index in [1.165, 1.54) is 0 Å². The molecule has 0 aliphatic heterocycles. The van der Waals surface area contributed by atoms with Gasteiger partial charge in [-0.25, -0.2) is 0 Å². The van der Waals surface area contributed by atoms with Crippen molar-refractivity contribution in [2.45, 2.75) is 26.8 Å². The molecule has 0 spiro atoms. The summed E-state index contributed by atoms with van der Waals surface area (Å²) in [5.41, 5.74) is 7.11. The van der Waals surface area contributed by atoms with Gasteiger partial charge in [-0.1, -0.05) is 0 Å². The molecule has 1 amide bonds. The third-order valence-electron chi connectivity index (χ3n) is 3.42. The summed E-state index contributed by atoms with van der Waals surface area (Å²) in [6.07, 6.45) is 1.67. The molecule has 19 heavy (non-hydrogen) atoms. The predicted octanol–water partition coefficient (Wildman–Crippen LogP) is 1.35. The first kappa shape index (κ1) is 15.4. The van der Waals surface area contributed by atoms with Crippen molar-refractivity contribution in [1.29, 1.82) is 0 Å². The van der Waals surface area contributed by atoms with Gasteiger partial charge in [0.05, 0.1) is 0 Å². The van der Waals surface area contributed by atoms with Crippen LogP contribution in [0.5, 0.6) is 0 Å². The zero-order valence-corrected chi connectivity index (χ0v) is 12.3. The Bertz CT molecular complexity index is 418. The number of likely N-dealkylation sites (N-methyl/N-ethyl adjacent to an activating group) is 1. The van der Waals surface area contributed by atoms with Crippen molar-refractivity contribution >= 4 is 11.6 Å². The Labute approximate surface area is 115 Å². The standard InChI is InChI=1S/C14H24N4O/c1-5-18(6-2)14(19)13-9-12(7-8-16-13)17(4)11(3)10-15/h7-9,11H,5-6,10,15H2,1-4H3. The fourth-order valence-electron chi connectivity index (χ4n) is 1.84. The van der Waals surface area contributed by atoms with Crippen LogP contribution in [-0.4, -0.2) is 48.5 Å². The summed E-state index contributed by atoms with van der Waals surface area (Å²) < 4.78 is 0. The molecule has 0 aliphatic rings. The summed E-state index contributed by atoms with van der Waals surface area (Å²) in [6, 6.07) is 3.94. The summed E-state index contributed by atoms with van der Waals surface area (Å²) in [5.74, 6) is -0.0272. The van der Waals surface area contributed by atoms with Crippen molar-refractivity contribution in [3.05, 3.63) is 24.0 Å². The largest absolute Gasteiger partial charge is 0.371 e. The first-order valence-electron chi connectivity index (χ1n) is 6.73. The summed E-state index contributed by atoms with van der Waals surface area (Å²) in [6.45, 7) is 7.93. The van der Waals surface area contributed by atoms with E-state index in [0.717, 1.165) is 5.69 Å². The van der Waals surface area contributed by atoms with E-state index in [-0.39, 0.29) is 11.9 Å². The molecular weight excluding hydrogens is 240 g/mol. The van der Waals surface area contributed by atoms with E-state index in [9.17, 15) is 4.79 Å². The fraction of sp³-hybridized carbons (Fsp3) is 0.571. The van der Waals surface area contributed by atoms with E-state index in [4.69, 9.17) is 5.73 Å². The molecule has 1 rings (SSSR count). The van der Waals surface area contributed by atoms with Gasteiger partial charge < -0.3 is 15.5 Å². The van der Waals surface area contributed by atoms with Crippen LogP contribution in [0.25, 0.3) is 0 Å². The molecule has 1 aromatic heterocycles. The second kappa shape index (κ2) is 7.09. The molecule has 106 valence electrons. The number of carbonyl (C=O) groups is 1. The minimum atomic E-state index is -0.0272. The van der Waals surface area contributed by atoms with E-state index in [1.807, 2.05) is 40.0 Å². The Morgan fingerprint density at radius 1 is 1.42 bits per heavy atom. The number of pyridine rings is 1. The van der Waals surface area contributed by atoms with Gasteiger partial charge in [0.2, 0.25) is 0 Å². The summed E-state index contributed by atoms with van der Waals surface area (Å²) >= 11 is 0. The number of hydrogen-bond acceptors (Lipinski definition) is 4. The van der Waals surface area contributed by atoms with Crippen molar-refractivity contribution in [2.24, 2.45) is 5.73 Å². The third kappa shape index (κ3) is 3.67. The minimum absolute atomic E-state index is 0.0272. The van der Waals surface area contributed by atoms with Crippen LogP contribution in [0.2, 0.25) is 0 Å². The van der Waals surface area contributed by atoms with Gasteiger partial charge in [-0.2, -0.15) is 0 Å². The van der Waals surface area contributed by atoms with Gasteiger partial charge in [0.25, 0.3) is 5.91 Å². The molecule has 5 heteroatoms. The molecule has 2 N–H and O–H groups in total. The van der Waals surface area contributed by atoms with Crippen molar-refractivity contribution in [2.75, 3.05) is 31.6 Å². The van der Waals surface area contributed by atoms with Gasteiger partial charge in [-0.3, -0.25) is 9.78 Å². The lowest BCUT2D eigenvalue weighted by Gasteiger charge is -2.26. The number of nitrogens with two attached hydrogens (primary N) is 1. The Hall–Kier alpha value is -1.62. The predicted molar refractivity (Wildman–Crippen MR) is 78.4 cm³/mol. The Kier molecular flexibility index (Phi) is 5.76. The number of aromatic nitrogens is 1. The summed E-state index contributed by atoms with van der Waals surface area (Å²) in [5, 5.41) is 0. The van der Waals surface area contributed by atoms with Gasteiger partial charge in [-0.15, -0.1) is 0 Å². The SMILES string of the molecule is CCN(CC)C(=O)c1cc(N(C)C(C)CN)ccn1. The highest BCUT2D eigenvalue weighted by Gasteiger charge is 2.16. The molecule has 1 aromatic rings. The van der Waals surface area contributed by atoms with Crippen LogP contribution in [0.15, 0.2) is 18.3 Å². The number of nitrogens with zero attached hydrogens (tertiary/aromatic N) is 3. The lowest BCUT2D eigenvalue weighted by Crippen LogP contribution is -2.35. The minimum Gasteiger partial charge on any atom is -0.371 e. The highest BCUT2D eigenvalue weighted by Crippen LogP contribution is 2.16. The number of rotatable bonds is 6. The number of amides is 1. The Morgan fingerprint density at radius 3 is 2.58 bits per heavy atom. The monoisotopic (exact) mass is 264 g/mol. The maximum atomic E-state index is 12.2. The molecule has 0 saturated heterocycles. The van der Waals surface area contributed by atoms with Gasteiger partial charge in [0.1, 0.15) is 5.69 Å². The normalized spacial score (nSPS) is 12.1. The smallest absolute Gasteiger partial charge is 0.272 e. The topological polar surface area (TPSA) is 62.5 Å². The fourth-order valence-corrected chi connectivity index (χ4v) is 1.84. The molecule has 0 aromatic carbocycles. The van der Waals surface area contributed by atoms with E-state index in [2.05, 4.69) is 9.88 Å². The summed E-state index contributed by atoms with van der Waals surface area (Å²) in [7, 11) is 1.97. The average Bonchev–Trinajstić information content (AvgIpc) is 2.46. The second-order valence-corrected chi connectivity index (χ2v) is 4.57. The van der Waals surface area contributed by atoms with Gasteiger partial charge >= 0.3 is 0 Å². The van der Waals surface area contributed by atoms with Crippen molar-refractivity contribution in [1.82, 2.24) is 9.88 Å². The number of hydrogen-bond donors (Lipinski definition) is 1. The highest BCUT2D eigenvalue weighted by atomic mass is 16.2. The summed E-state index contributed by atoms with van der Waals surface area (Å²) in [4.78, 5) is 20.2. The number of anilines is 1. The van der Waals surface area contributed by atoms with Crippen LogP contribution in [0, 0.1) is 0 Å². The molecule has 5 nitrogen and oxygen atoms in total. The molecule has 1 atom stereocenters. The Balaban J connectivity index is 2.97. The second-order valence-electron chi connectivity index (χ2n) is 4.57. The van der Waals surface area contributed by atoms with Crippen LogP contribution < -0.4 is 10.6 Å². The van der Waals surface area contributed by atoms with Crippen molar-refractivity contribution in [3.63, 3.8) is 0 Å². The first-order chi connectivity index (χ1) is 9.04. The third-order valence-corrected chi connectivity index (χ3v) is 3.42. The van der Waals surface area contributed by atoms with Crippen molar-refractivity contribution in [3.8, 4) is 0 Å². The van der Waals surface area contributed by atoms with E-state index >= 15 is 0 Å². The molecule has 0 fully saturated rings. The molecule has 0 aliphatic carbocycles. The van der Waals surface area contributed by atoms with Crippen LogP contribution in [0.3, 0.4) is 0 Å². The maximum absolute atomic E-state index is 12.2. The zero-order chi connectivity index (χ0) is 14.4. The highest BCUT2D eigenvalue weighted by molar-refractivity contribution is 5.93. The molecule has 0 radical (unpaired) electrons. The van der Waals surface area contributed by atoms with E-state index in [0.29, 0.717) is 25.3 Å². The first-order valence-corrected chi connectivity index (χ1v) is 6.73. The van der Waals surface area contributed by atoms with Crippen LogP contribution in [-0.2, 0) is 0 Å². The van der Waals surface area contributed by atoms with Crippen LogP contribution >= 0.6 is 0 Å². The average molecular weight is 264 g/mol. The van der Waals surface area contributed by atoms with E-state index in [1.54, 1.807) is 11.1 Å². The lowest BCUT2D eigenvalue weighted by atomic mass is 10.2. The maximum Gasteiger partial charge on any atom is 0.272 e. The molecule has 0 bridgehead atoms. The lowest BCUT2D eigenvalue weighted by molar-refractivity contribution is 0.0767. The Morgan fingerprint density at radius 2 is 2.05 bits per heavy atom. The molecular formula is C14H24N4O. The van der Waals surface area contributed by atoms with Gasteiger partial charge in [-0.05, 0) is 32.9 Å². The zero-order valence-electron chi connectivity index (χ0n) is 12.3. The van der Waals surface area contributed by atoms with Crippen molar-refractivity contribution < 1.29 is 4.79 Å².